The third kappa shape index (κ3) is 5.28. The van der Waals surface area contributed by atoms with Gasteiger partial charge in [0.15, 0.2) is 5.78 Å². The number of aliphatic hydroxyl groups is 1. The summed E-state index contributed by atoms with van der Waals surface area (Å²) in [4.78, 5) is 16.8. The number of allylic oxidation sites excluding steroid dienone is 2. The summed E-state index contributed by atoms with van der Waals surface area (Å²) in [6.45, 7) is 8.04. The second kappa shape index (κ2) is 9.91. The Balaban J connectivity index is 0.000000180. The Bertz CT molecular complexity index is 1160. The van der Waals surface area contributed by atoms with Gasteiger partial charge < -0.3 is 10.1 Å². The Morgan fingerprint density at radius 2 is 1.58 bits per heavy atom. The molecule has 0 amide bonds. The fourth-order valence-corrected chi connectivity index (χ4v) is 4.73. The standard InChI is InChI=1S/C15H10N.C14H22O2.Ir/c1-2-6-12(7-3-1)15-10-13-8-4-5-9-14(13)11-16-15;1-13(2)7-5-9-6-8-14(3,4)12(16)10(9)11(13)15;/h1-6,8-11H;9,15H,5-8H2,1-4H3;/q-1;;. The van der Waals surface area contributed by atoms with Gasteiger partial charge in [0.1, 0.15) is 5.76 Å². The summed E-state index contributed by atoms with van der Waals surface area (Å²) in [5, 5.41) is 12.7. The number of aliphatic hydroxyl groups excluding tert-OH is 1. The molecule has 1 atom stereocenters. The number of rotatable bonds is 1. The van der Waals surface area contributed by atoms with Gasteiger partial charge >= 0.3 is 0 Å². The molecule has 1 radical (unpaired) electrons. The quantitative estimate of drug-likeness (QED) is 0.291. The molecule has 1 N–H and O–H groups in total. The molecule has 1 saturated carbocycles. The molecular weight excluding hydrogens is 587 g/mol. The average Bonchev–Trinajstić information content (AvgIpc) is 2.79. The van der Waals surface area contributed by atoms with Crippen molar-refractivity contribution in [2.75, 3.05) is 0 Å². The molecule has 1 heterocycles. The fraction of sp³-hybridized carbons (Fsp3) is 0.379. The van der Waals surface area contributed by atoms with Crippen molar-refractivity contribution in [3.63, 3.8) is 0 Å². The molecule has 0 bridgehead atoms. The third-order valence-electron chi connectivity index (χ3n) is 7.02. The van der Waals surface area contributed by atoms with Crippen LogP contribution in [0.3, 0.4) is 0 Å². The van der Waals surface area contributed by atoms with Crippen LogP contribution in [0.1, 0.15) is 53.4 Å². The number of hydrogen-bond donors (Lipinski definition) is 1. The Morgan fingerprint density at radius 1 is 0.939 bits per heavy atom. The number of carbonyl (C=O) groups is 1. The molecule has 33 heavy (non-hydrogen) atoms. The molecule has 3 nitrogen and oxygen atoms in total. The molecular formula is C29H32IrNO2-. The number of aromatic nitrogens is 1. The van der Waals surface area contributed by atoms with Crippen molar-refractivity contribution in [1.29, 1.82) is 0 Å². The first-order valence-electron chi connectivity index (χ1n) is 11.5. The smallest absolute Gasteiger partial charge is 0.168 e. The van der Waals surface area contributed by atoms with Gasteiger partial charge in [0.25, 0.3) is 0 Å². The zero-order valence-electron chi connectivity index (χ0n) is 19.8. The van der Waals surface area contributed by atoms with Crippen molar-refractivity contribution in [2.24, 2.45) is 16.7 Å². The summed E-state index contributed by atoms with van der Waals surface area (Å²) in [5.41, 5.74) is 2.25. The van der Waals surface area contributed by atoms with Gasteiger partial charge in [-0.25, -0.2) is 0 Å². The van der Waals surface area contributed by atoms with E-state index in [2.05, 4.69) is 29.2 Å². The predicted octanol–water partition coefficient (Wildman–Crippen LogP) is 7.32. The Labute approximate surface area is 210 Å². The molecule has 0 spiro atoms. The van der Waals surface area contributed by atoms with E-state index in [9.17, 15) is 9.90 Å². The predicted molar refractivity (Wildman–Crippen MR) is 130 cm³/mol. The third-order valence-corrected chi connectivity index (χ3v) is 7.02. The van der Waals surface area contributed by atoms with Crippen LogP contribution in [-0.2, 0) is 24.9 Å². The number of ketones is 1. The topological polar surface area (TPSA) is 50.2 Å². The number of Topliss-reactive ketones (excluding diaryl/α,β-unsaturated/α-hetero) is 1. The molecule has 175 valence electrons. The minimum atomic E-state index is -0.284. The van der Waals surface area contributed by atoms with Gasteiger partial charge in [0, 0.05) is 42.7 Å². The fourth-order valence-electron chi connectivity index (χ4n) is 4.73. The van der Waals surface area contributed by atoms with E-state index in [1.54, 1.807) is 0 Å². The van der Waals surface area contributed by atoms with E-state index in [0.29, 0.717) is 11.7 Å². The monoisotopic (exact) mass is 619 g/mol. The summed E-state index contributed by atoms with van der Waals surface area (Å²) >= 11 is 0. The molecule has 0 aliphatic heterocycles. The van der Waals surface area contributed by atoms with Gasteiger partial charge in [-0.05, 0) is 48.1 Å². The first-order chi connectivity index (χ1) is 15.2. The molecule has 3 aromatic rings. The summed E-state index contributed by atoms with van der Waals surface area (Å²) in [7, 11) is 0. The largest absolute Gasteiger partial charge is 0.511 e. The summed E-state index contributed by atoms with van der Waals surface area (Å²) in [6, 6.07) is 21.4. The second-order valence-corrected chi connectivity index (χ2v) is 10.3. The van der Waals surface area contributed by atoms with Gasteiger partial charge in [0.2, 0.25) is 0 Å². The van der Waals surface area contributed by atoms with Crippen molar-refractivity contribution >= 4 is 16.6 Å². The Morgan fingerprint density at radius 3 is 2.24 bits per heavy atom. The van der Waals surface area contributed by atoms with E-state index in [1.807, 2.05) is 70.3 Å². The van der Waals surface area contributed by atoms with Crippen molar-refractivity contribution < 1.29 is 30.0 Å². The van der Waals surface area contributed by atoms with Crippen LogP contribution >= 0.6 is 0 Å². The van der Waals surface area contributed by atoms with E-state index in [-0.39, 0.29) is 36.7 Å². The summed E-state index contributed by atoms with van der Waals surface area (Å²) in [6.07, 6.45) is 5.95. The van der Waals surface area contributed by atoms with Gasteiger partial charge in [-0.2, -0.15) is 0 Å². The summed E-state index contributed by atoms with van der Waals surface area (Å²) in [5.74, 6) is 0.851. The first kappa shape index (κ1) is 25.3. The number of pyridine rings is 1. The van der Waals surface area contributed by atoms with E-state index >= 15 is 0 Å². The SMILES string of the molecule is CC1(C)CCC2CCC(C)(C)C(O)=C2C1=O.[Ir].[c-]1ccccc1-c1cc2ccccc2cn1. The van der Waals surface area contributed by atoms with Crippen LogP contribution < -0.4 is 0 Å². The number of benzene rings is 2. The maximum Gasteiger partial charge on any atom is 0.168 e. The van der Waals surface area contributed by atoms with E-state index in [1.165, 1.54) is 10.8 Å². The van der Waals surface area contributed by atoms with Crippen molar-refractivity contribution in [3.8, 4) is 11.3 Å². The van der Waals surface area contributed by atoms with Gasteiger partial charge in [0.05, 0.1) is 0 Å². The average molecular weight is 619 g/mol. The zero-order valence-corrected chi connectivity index (χ0v) is 22.2. The zero-order chi connectivity index (χ0) is 22.9. The Hall–Kier alpha value is -2.29. The normalized spacial score (nSPS) is 20.8. The minimum absolute atomic E-state index is 0. The van der Waals surface area contributed by atoms with Crippen LogP contribution in [0.4, 0.5) is 0 Å². The van der Waals surface area contributed by atoms with Gasteiger partial charge in [-0.3, -0.25) is 4.79 Å². The van der Waals surface area contributed by atoms with Crippen LogP contribution in [0.2, 0.25) is 0 Å². The molecule has 1 unspecified atom stereocenters. The van der Waals surface area contributed by atoms with Crippen molar-refractivity contribution in [2.45, 2.75) is 53.4 Å². The van der Waals surface area contributed by atoms with Crippen LogP contribution in [0.15, 0.2) is 72.1 Å². The molecule has 4 heteroatoms. The molecule has 1 fully saturated rings. The van der Waals surface area contributed by atoms with Crippen LogP contribution in [0.5, 0.6) is 0 Å². The minimum Gasteiger partial charge on any atom is -0.511 e. The van der Waals surface area contributed by atoms with Gasteiger partial charge in [-0.1, -0.05) is 58.0 Å². The van der Waals surface area contributed by atoms with E-state index in [4.69, 9.17) is 0 Å². The molecule has 0 saturated heterocycles. The second-order valence-electron chi connectivity index (χ2n) is 10.3. The molecule has 2 aliphatic carbocycles. The van der Waals surface area contributed by atoms with Crippen LogP contribution in [0.25, 0.3) is 22.0 Å². The Kier molecular flexibility index (Phi) is 7.61. The number of nitrogens with zero attached hydrogens (tertiary/aromatic N) is 1. The van der Waals surface area contributed by atoms with Crippen molar-refractivity contribution in [1.82, 2.24) is 4.98 Å². The molecule has 1 aromatic heterocycles. The van der Waals surface area contributed by atoms with Crippen molar-refractivity contribution in [3.05, 3.63) is 78.2 Å². The summed E-state index contributed by atoms with van der Waals surface area (Å²) < 4.78 is 0. The number of carbonyl (C=O) groups excluding carboxylic acids is 1. The maximum absolute atomic E-state index is 12.4. The van der Waals surface area contributed by atoms with E-state index in [0.717, 1.165) is 42.5 Å². The van der Waals surface area contributed by atoms with Gasteiger partial charge in [-0.15, -0.1) is 35.9 Å². The number of fused-ring (bicyclic) bond motifs is 2. The van der Waals surface area contributed by atoms with Crippen LogP contribution in [-0.4, -0.2) is 15.9 Å². The molecule has 2 aromatic carbocycles. The molecule has 5 rings (SSSR count). The first-order valence-corrected chi connectivity index (χ1v) is 11.5. The maximum atomic E-state index is 12.4. The number of hydrogen-bond acceptors (Lipinski definition) is 3. The molecule has 2 aliphatic rings. The van der Waals surface area contributed by atoms with E-state index < -0.39 is 0 Å². The van der Waals surface area contributed by atoms with Crippen LogP contribution in [0, 0.1) is 22.8 Å².